The fraction of sp³-hybridized carbons (Fsp3) is 0.630. The molecule has 0 saturated heterocycles. The van der Waals surface area contributed by atoms with E-state index in [1.807, 2.05) is 24.1 Å². The van der Waals surface area contributed by atoms with Crippen LogP contribution in [0.2, 0.25) is 0 Å². The molecule has 170 valence electrons. The van der Waals surface area contributed by atoms with Crippen LogP contribution in [0.4, 0.5) is 0 Å². The number of nitrogens with one attached hydrogen (secondary N) is 1. The Hall–Kier alpha value is -2.30. The SMILES string of the molecule is COc1ccc2nc(C3CC[C@H]4[C@@H]5CCC6N(C)C(=O)C=C[C@]6(C)[C@@H]5CC[C@]34C)[nH]c2c1. The van der Waals surface area contributed by atoms with Crippen molar-refractivity contribution in [1.29, 1.82) is 0 Å². The summed E-state index contributed by atoms with van der Waals surface area (Å²) < 4.78 is 5.41. The van der Waals surface area contributed by atoms with Crippen molar-refractivity contribution >= 4 is 16.9 Å². The number of benzene rings is 1. The molecular weight excluding hydrogens is 398 g/mol. The fourth-order valence-electron chi connectivity index (χ4n) is 8.49. The number of rotatable bonds is 2. The third-order valence-electron chi connectivity index (χ3n) is 10.2. The highest BCUT2D eigenvalue weighted by molar-refractivity contribution is 5.89. The van der Waals surface area contributed by atoms with Gasteiger partial charge in [-0.15, -0.1) is 0 Å². The van der Waals surface area contributed by atoms with Crippen LogP contribution in [-0.4, -0.2) is 41.0 Å². The summed E-state index contributed by atoms with van der Waals surface area (Å²) in [6.07, 6.45) is 11.5. The molecule has 2 aromatic rings. The predicted octanol–water partition coefficient (Wildman–Crippen LogP) is 5.29. The van der Waals surface area contributed by atoms with Gasteiger partial charge in [0.15, 0.2) is 0 Å². The molecule has 32 heavy (non-hydrogen) atoms. The summed E-state index contributed by atoms with van der Waals surface area (Å²) in [5.41, 5.74) is 2.52. The Morgan fingerprint density at radius 3 is 2.78 bits per heavy atom. The fourth-order valence-corrected chi connectivity index (χ4v) is 8.49. The van der Waals surface area contributed by atoms with Crippen molar-refractivity contribution in [2.75, 3.05) is 14.2 Å². The highest BCUT2D eigenvalue weighted by Crippen LogP contribution is 2.67. The van der Waals surface area contributed by atoms with Crippen LogP contribution < -0.4 is 4.74 Å². The van der Waals surface area contributed by atoms with E-state index >= 15 is 0 Å². The molecule has 0 spiro atoms. The van der Waals surface area contributed by atoms with Gasteiger partial charge in [-0.1, -0.05) is 19.9 Å². The lowest BCUT2D eigenvalue weighted by Crippen LogP contribution is -2.59. The molecule has 7 atom stereocenters. The molecule has 1 aliphatic heterocycles. The van der Waals surface area contributed by atoms with Gasteiger partial charge in [0.1, 0.15) is 11.6 Å². The van der Waals surface area contributed by atoms with E-state index in [0.29, 0.717) is 23.3 Å². The Morgan fingerprint density at radius 1 is 1.12 bits per heavy atom. The second kappa shape index (κ2) is 6.85. The Labute approximate surface area is 190 Å². The molecule has 0 bridgehead atoms. The monoisotopic (exact) mass is 433 g/mol. The first kappa shape index (κ1) is 20.3. The number of ether oxygens (including phenoxy) is 1. The maximum atomic E-state index is 12.3. The van der Waals surface area contributed by atoms with Crippen LogP contribution in [0.3, 0.4) is 0 Å². The number of carbonyl (C=O) groups is 1. The van der Waals surface area contributed by atoms with Crippen molar-refractivity contribution in [1.82, 2.24) is 14.9 Å². The van der Waals surface area contributed by atoms with Gasteiger partial charge in [0.2, 0.25) is 5.91 Å². The molecule has 3 aliphatic carbocycles. The van der Waals surface area contributed by atoms with Crippen LogP contribution >= 0.6 is 0 Å². The molecule has 6 rings (SSSR count). The van der Waals surface area contributed by atoms with E-state index < -0.39 is 0 Å². The molecule has 1 aromatic carbocycles. The average molecular weight is 434 g/mol. The molecule has 1 N–H and O–H groups in total. The molecule has 3 fully saturated rings. The lowest BCUT2D eigenvalue weighted by Gasteiger charge is -2.60. The minimum Gasteiger partial charge on any atom is -0.497 e. The highest BCUT2D eigenvalue weighted by atomic mass is 16.5. The number of aromatic amines is 1. The number of fused-ring (bicyclic) bond motifs is 6. The molecule has 2 heterocycles. The number of imidazole rings is 1. The summed E-state index contributed by atoms with van der Waals surface area (Å²) >= 11 is 0. The van der Waals surface area contributed by atoms with Crippen LogP contribution in [-0.2, 0) is 4.79 Å². The lowest BCUT2D eigenvalue weighted by atomic mass is 9.47. The van der Waals surface area contributed by atoms with Crippen LogP contribution in [0.1, 0.15) is 64.1 Å². The standard InChI is InChI=1S/C27H35N3O2/c1-26-13-11-19-17(6-10-23-27(19,2)14-12-24(31)30(23)3)18(26)7-8-20(26)25-28-21-9-5-16(32-4)15-22(21)29-25/h5,9,12,14-15,17-20,23H,6-8,10-11,13H2,1-4H3,(H,28,29)/t17-,18-,19+,20?,23?,26-,27+/m0/s1. The molecule has 1 aromatic heterocycles. The largest absolute Gasteiger partial charge is 0.497 e. The quantitative estimate of drug-likeness (QED) is 0.700. The topological polar surface area (TPSA) is 58.2 Å². The molecule has 1 amide bonds. The number of methoxy groups -OCH3 is 1. The Morgan fingerprint density at radius 2 is 1.97 bits per heavy atom. The first-order valence-corrected chi connectivity index (χ1v) is 12.3. The molecule has 2 unspecified atom stereocenters. The second-order valence-electron chi connectivity index (χ2n) is 11.3. The normalized spacial score (nSPS) is 40.8. The van der Waals surface area contributed by atoms with Gasteiger partial charge in [-0.3, -0.25) is 4.79 Å². The zero-order valence-electron chi connectivity index (χ0n) is 19.7. The molecule has 5 heteroatoms. The number of hydrogen-bond acceptors (Lipinski definition) is 3. The van der Waals surface area contributed by atoms with Crippen LogP contribution in [0.25, 0.3) is 11.0 Å². The molecule has 5 nitrogen and oxygen atoms in total. The highest BCUT2D eigenvalue weighted by Gasteiger charge is 2.60. The number of amides is 1. The van der Waals surface area contributed by atoms with E-state index in [2.05, 4.69) is 37.0 Å². The van der Waals surface area contributed by atoms with Crippen molar-refractivity contribution in [2.45, 2.75) is 64.3 Å². The Balaban J connectivity index is 1.32. The van der Waals surface area contributed by atoms with Gasteiger partial charge in [0, 0.05) is 30.5 Å². The third kappa shape index (κ3) is 2.63. The summed E-state index contributed by atoms with van der Waals surface area (Å²) in [6, 6.07) is 6.48. The molecule has 4 aliphatic rings. The first-order valence-electron chi connectivity index (χ1n) is 12.3. The molecule has 0 radical (unpaired) electrons. The van der Waals surface area contributed by atoms with Crippen LogP contribution in [0.5, 0.6) is 5.75 Å². The van der Waals surface area contributed by atoms with Crippen molar-refractivity contribution in [2.24, 2.45) is 28.6 Å². The van der Waals surface area contributed by atoms with E-state index in [0.717, 1.165) is 35.0 Å². The minimum atomic E-state index is 0.112. The summed E-state index contributed by atoms with van der Waals surface area (Å²) in [5.74, 6) is 4.86. The number of likely N-dealkylation sites (N-methyl/N-ethyl adjacent to an activating group) is 1. The Bertz CT molecular complexity index is 1110. The summed E-state index contributed by atoms with van der Waals surface area (Å²) in [7, 11) is 3.72. The van der Waals surface area contributed by atoms with Gasteiger partial charge in [0.25, 0.3) is 0 Å². The van der Waals surface area contributed by atoms with Crippen LogP contribution in [0.15, 0.2) is 30.4 Å². The van der Waals surface area contributed by atoms with Crippen molar-refractivity contribution in [3.63, 3.8) is 0 Å². The maximum absolute atomic E-state index is 12.3. The summed E-state index contributed by atoms with van der Waals surface area (Å²) in [5, 5.41) is 0. The lowest BCUT2D eigenvalue weighted by molar-refractivity contribution is -0.138. The third-order valence-corrected chi connectivity index (χ3v) is 10.2. The van der Waals surface area contributed by atoms with Gasteiger partial charge in [-0.05, 0) is 79.9 Å². The van der Waals surface area contributed by atoms with Gasteiger partial charge in [-0.2, -0.15) is 0 Å². The first-order chi connectivity index (χ1) is 15.3. The Kier molecular flexibility index (Phi) is 4.35. The molecular formula is C27H35N3O2. The number of aromatic nitrogens is 2. The maximum Gasteiger partial charge on any atom is 0.246 e. The summed E-state index contributed by atoms with van der Waals surface area (Å²) in [6.45, 7) is 4.97. The predicted molar refractivity (Wildman–Crippen MR) is 125 cm³/mol. The molecule has 3 saturated carbocycles. The van der Waals surface area contributed by atoms with Crippen molar-refractivity contribution < 1.29 is 9.53 Å². The number of carbonyl (C=O) groups excluding carboxylic acids is 1. The van der Waals surface area contributed by atoms with Crippen LogP contribution in [0, 0.1) is 28.6 Å². The van der Waals surface area contributed by atoms with Gasteiger partial charge < -0.3 is 14.6 Å². The number of nitrogens with zero attached hydrogens (tertiary/aromatic N) is 2. The zero-order valence-corrected chi connectivity index (χ0v) is 19.7. The van der Waals surface area contributed by atoms with Gasteiger partial charge >= 0.3 is 0 Å². The van der Waals surface area contributed by atoms with Crippen molar-refractivity contribution in [3.8, 4) is 5.75 Å². The van der Waals surface area contributed by atoms with E-state index in [9.17, 15) is 4.79 Å². The zero-order chi connectivity index (χ0) is 22.3. The number of H-pyrrole nitrogens is 1. The second-order valence-corrected chi connectivity index (χ2v) is 11.3. The van der Waals surface area contributed by atoms with E-state index in [1.165, 1.54) is 37.9 Å². The number of hydrogen-bond donors (Lipinski definition) is 1. The van der Waals surface area contributed by atoms with Gasteiger partial charge in [0.05, 0.1) is 18.1 Å². The van der Waals surface area contributed by atoms with E-state index in [1.54, 1.807) is 7.11 Å². The summed E-state index contributed by atoms with van der Waals surface area (Å²) in [4.78, 5) is 23.0. The van der Waals surface area contributed by atoms with E-state index in [4.69, 9.17) is 9.72 Å². The average Bonchev–Trinajstić information content (AvgIpc) is 3.36. The van der Waals surface area contributed by atoms with Gasteiger partial charge in [-0.25, -0.2) is 4.98 Å². The minimum absolute atomic E-state index is 0.112. The smallest absolute Gasteiger partial charge is 0.246 e. The van der Waals surface area contributed by atoms with Crippen molar-refractivity contribution in [3.05, 3.63) is 36.2 Å². The van der Waals surface area contributed by atoms with E-state index in [-0.39, 0.29) is 11.3 Å².